The topological polar surface area (TPSA) is 48.9 Å². The minimum absolute atomic E-state index is 0.221. The average Bonchev–Trinajstić information content (AvgIpc) is 3.03. The van der Waals surface area contributed by atoms with Gasteiger partial charge in [0.1, 0.15) is 5.75 Å². The van der Waals surface area contributed by atoms with Crippen molar-refractivity contribution < 1.29 is 13.5 Å². The number of unbranched alkanes of at least 4 members (excludes halogenated alkanes) is 1. The summed E-state index contributed by atoms with van der Waals surface area (Å²) in [4.78, 5) is 6.65. The molecule has 1 unspecified atom stereocenters. The van der Waals surface area contributed by atoms with Gasteiger partial charge in [-0.15, -0.1) is 0 Å². The molecule has 1 atom stereocenters. The molecule has 1 aliphatic rings. The molecular weight excluding hydrogens is 326 g/mol. The Hall–Kier alpha value is -2.05. The van der Waals surface area contributed by atoms with Crippen LogP contribution in [0.25, 0.3) is 0 Å². The third-order valence-electron chi connectivity index (χ3n) is 4.08. The molecule has 1 aromatic carbocycles. The van der Waals surface area contributed by atoms with Crippen molar-refractivity contribution in [2.45, 2.75) is 45.8 Å². The largest absolute Gasteiger partial charge is 0.433 e. The van der Waals surface area contributed by atoms with Crippen molar-refractivity contribution in [3.63, 3.8) is 0 Å². The van der Waals surface area contributed by atoms with Crippen LogP contribution in [-0.2, 0) is 0 Å². The van der Waals surface area contributed by atoms with Gasteiger partial charge in [0.25, 0.3) is 0 Å². The number of nitrogens with zero attached hydrogens (tertiary/aromatic N) is 2. The molecule has 1 aromatic rings. The second kappa shape index (κ2) is 10.1. The van der Waals surface area contributed by atoms with Crippen LogP contribution in [0.3, 0.4) is 0 Å². The lowest BCUT2D eigenvalue weighted by molar-refractivity contribution is -0.0495. The molecule has 0 aliphatic carbocycles. The quantitative estimate of drug-likeness (QED) is 0.428. The molecule has 140 valence electrons. The molecule has 0 radical (unpaired) electrons. The summed E-state index contributed by atoms with van der Waals surface area (Å²) in [7, 11) is 0. The number of ether oxygens (including phenoxy) is 1. The zero-order valence-electron chi connectivity index (χ0n) is 15.0. The number of rotatable bonds is 8. The fourth-order valence-electron chi connectivity index (χ4n) is 2.87. The first-order valence-corrected chi connectivity index (χ1v) is 8.97. The van der Waals surface area contributed by atoms with Crippen LogP contribution in [-0.4, -0.2) is 44.8 Å². The van der Waals surface area contributed by atoms with Crippen molar-refractivity contribution in [3.8, 4) is 5.75 Å². The van der Waals surface area contributed by atoms with E-state index in [1.54, 1.807) is 12.1 Å². The number of hydrogen-bond donors (Lipinski definition) is 2. The van der Waals surface area contributed by atoms with Gasteiger partial charge in [-0.1, -0.05) is 25.5 Å². The van der Waals surface area contributed by atoms with Crippen LogP contribution in [0.5, 0.6) is 5.75 Å². The third kappa shape index (κ3) is 6.07. The maximum Gasteiger partial charge on any atom is 0.387 e. The van der Waals surface area contributed by atoms with E-state index in [4.69, 9.17) is 0 Å². The summed E-state index contributed by atoms with van der Waals surface area (Å²) in [6, 6.07) is 7.17. The molecule has 25 heavy (non-hydrogen) atoms. The van der Waals surface area contributed by atoms with Crippen LogP contribution in [0, 0.1) is 0 Å². The number of hydrogen-bond acceptors (Lipinski definition) is 3. The van der Waals surface area contributed by atoms with Gasteiger partial charge < -0.3 is 20.3 Å². The van der Waals surface area contributed by atoms with Crippen LogP contribution < -0.4 is 20.3 Å². The molecule has 0 spiro atoms. The first kappa shape index (κ1) is 19.3. The molecule has 0 amide bonds. The Kier molecular flexibility index (Phi) is 7.76. The van der Waals surface area contributed by atoms with Crippen molar-refractivity contribution in [1.29, 1.82) is 0 Å². The maximum atomic E-state index is 12.6. The van der Waals surface area contributed by atoms with Gasteiger partial charge in [-0.25, -0.2) is 0 Å². The van der Waals surface area contributed by atoms with E-state index in [0.29, 0.717) is 5.69 Å². The van der Waals surface area contributed by atoms with Gasteiger partial charge in [-0.3, -0.25) is 4.99 Å². The molecule has 0 bridgehead atoms. The summed E-state index contributed by atoms with van der Waals surface area (Å²) >= 11 is 0. The SMILES string of the molecule is CCCCN=C(NCC)NC1CCN(c2ccccc2OC(F)F)C1. The van der Waals surface area contributed by atoms with Gasteiger partial charge in [0.05, 0.1) is 5.69 Å². The zero-order valence-corrected chi connectivity index (χ0v) is 15.0. The standard InChI is InChI=1S/C18H28F2N4O/c1-3-5-11-22-18(21-4-2)23-14-10-12-24(13-14)15-8-6-7-9-16(15)25-17(19)20/h6-9,14,17H,3-5,10-13H2,1-2H3,(H2,21,22,23). The Balaban J connectivity index is 1.97. The van der Waals surface area contributed by atoms with Gasteiger partial charge in [-0.2, -0.15) is 8.78 Å². The van der Waals surface area contributed by atoms with Crippen LogP contribution in [0.4, 0.5) is 14.5 Å². The Morgan fingerprint density at radius 3 is 2.88 bits per heavy atom. The van der Waals surface area contributed by atoms with Gasteiger partial charge >= 0.3 is 6.61 Å². The van der Waals surface area contributed by atoms with Crippen molar-refractivity contribution >= 4 is 11.6 Å². The van der Waals surface area contributed by atoms with Gasteiger partial charge in [0.2, 0.25) is 0 Å². The summed E-state index contributed by atoms with van der Waals surface area (Å²) in [5.74, 6) is 1.04. The lowest BCUT2D eigenvalue weighted by Gasteiger charge is -2.22. The minimum Gasteiger partial charge on any atom is -0.433 e. The van der Waals surface area contributed by atoms with E-state index in [1.165, 1.54) is 0 Å². The fourth-order valence-corrected chi connectivity index (χ4v) is 2.87. The van der Waals surface area contributed by atoms with E-state index in [9.17, 15) is 8.78 Å². The Bertz CT molecular complexity index is 554. The molecular formula is C18H28F2N4O. The summed E-state index contributed by atoms with van der Waals surface area (Å²) < 4.78 is 29.8. The second-order valence-corrected chi connectivity index (χ2v) is 6.04. The zero-order chi connectivity index (χ0) is 18.1. The monoisotopic (exact) mass is 354 g/mol. The summed E-state index contributed by atoms with van der Waals surface area (Å²) in [6.45, 7) is 4.48. The Morgan fingerprint density at radius 2 is 2.16 bits per heavy atom. The number of anilines is 1. The molecule has 5 nitrogen and oxygen atoms in total. The Labute approximate surface area is 148 Å². The number of nitrogens with one attached hydrogen (secondary N) is 2. The van der Waals surface area contributed by atoms with Gasteiger partial charge in [-0.05, 0) is 31.9 Å². The third-order valence-corrected chi connectivity index (χ3v) is 4.08. The summed E-state index contributed by atoms with van der Waals surface area (Å²) in [5, 5.41) is 6.70. The number of benzene rings is 1. The first-order valence-electron chi connectivity index (χ1n) is 8.97. The molecule has 2 N–H and O–H groups in total. The molecule has 1 saturated heterocycles. The highest BCUT2D eigenvalue weighted by Crippen LogP contribution is 2.31. The fraction of sp³-hybridized carbons (Fsp3) is 0.611. The predicted octanol–water partition coefficient (Wildman–Crippen LogP) is 3.22. The molecule has 1 aliphatic heterocycles. The van der Waals surface area contributed by atoms with E-state index in [2.05, 4.69) is 32.2 Å². The van der Waals surface area contributed by atoms with Crippen LogP contribution in [0.15, 0.2) is 29.3 Å². The number of alkyl halides is 2. The average molecular weight is 354 g/mol. The smallest absolute Gasteiger partial charge is 0.387 e. The number of aliphatic imine (C=N–C) groups is 1. The maximum absolute atomic E-state index is 12.6. The van der Waals surface area contributed by atoms with Gasteiger partial charge in [0, 0.05) is 32.2 Å². The van der Waals surface area contributed by atoms with Crippen molar-refractivity contribution in [2.75, 3.05) is 31.1 Å². The second-order valence-electron chi connectivity index (χ2n) is 6.04. The number of para-hydroxylation sites is 2. The highest BCUT2D eigenvalue weighted by molar-refractivity contribution is 5.80. The van der Waals surface area contributed by atoms with E-state index >= 15 is 0 Å². The molecule has 0 aromatic heterocycles. The van der Waals surface area contributed by atoms with E-state index < -0.39 is 6.61 Å². The lowest BCUT2D eigenvalue weighted by Crippen LogP contribution is -2.44. The predicted molar refractivity (Wildman–Crippen MR) is 97.7 cm³/mol. The molecule has 2 rings (SSSR count). The van der Waals surface area contributed by atoms with Crippen molar-refractivity contribution in [1.82, 2.24) is 10.6 Å². The van der Waals surface area contributed by atoms with Crippen LogP contribution in [0.1, 0.15) is 33.1 Å². The Morgan fingerprint density at radius 1 is 1.36 bits per heavy atom. The number of halogens is 2. The van der Waals surface area contributed by atoms with Gasteiger partial charge in [0.15, 0.2) is 5.96 Å². The van der Waals surface area contributed by atoms with E-state index in [0.717, 1.165) is 51.4 Å². The first-order chi connectivity index (χ1) is 12.1. The van der Waals surface area contributed by atoms with Crippen molar-refractivity contribution in [3.05, 3.63) is 24.3 Å². The van der Waals surface area contributed by atoms with Crippen LogP contribution >= 0.6 is 0 Å². The van der Waals surface area contributed by atoms with Crippen LogP contribution in [0.2, 0.25) is 0 Å². The van der Waals surface area contributed by atoms with E-state index in [1.807, 2.05) is 19.1 Å². The lowest BCUT2D eigenvalue weighted by atomic mass is 10.2. The number of guanidine groups is 1. The molecule has 0 saturated carbocycles. The summed E-state index contributed by atoms with van der Waals surface area (Å²) in [5.41, 5.74) is 0.708. The van der Waals surface area contributed by atoms with Crippen molar-refractivity contribution in [2.24, 2.45) is 4.99 Å². The molecule has 7 heteroatoms. The summed E-state index contributed by atoms with van der Waals surface area (Å²) in [6.07, 6.45) is 3.09. The van der Waals surface area contributed by atoms with E-state index in [-0.39, 0.29) is 11.8 Å². The molecule has 1 fully saturated rings. The minimum atomic E-state index is -2.82. The normalized spacial score (nSPS) is 17.9. The molecule has 1 heterocycles. The highest BCUT2D eigenvalue weighted by atomic mass is 19.3. The highest BCUT2D eigenvalue weighted by Gasteiger charge is 2.25.